The lowest BCUT2D eigenvalue weighted by molar-refractivity contribution is -0.114. The van der Waals surface area contributed by atoms with Crippen LogP contribution in [0.4, 0.5) is 24.5 Å². The molecule has 0 saturated heterocycles. The number of ether oxygens (including phenoxy) is 1. The summed E-state index contributed by atoms with van der Waals surface area (Å²) >= 11 is 5.60. The van der Waals surface area contributed by atoms with Gasteiger partial charge in [-0.3, -0.25) is 4.79 Å². The predicted molar refractivity (Wildman–Crippen MR) is 86.2 cm³/mol. The average Bonchev–Trinajstić information content (AvgIpc) is 2.56. The molecular weight excluding hydrogens is 361 g/mol. The van der Waals surface area contributed by atoms with Crippen molar-refractivity contribution in [3.05, 3.63) is 58.4 Å². The number of benzene rings is 2. The van der Waals surface area contributed by atoms with Gasteiger partial charge in [-0.2, -0.15) is 0 Å². The van der Waals surface area contributed by atoms with Crippen molar-refractivity contribution in [3.8, 4) is 0 Å². The number of rotatable bonds is 5. The lowest BCUT2D eigenvalue weighted by Crippen LogP contribution is -2.23. The molecule has 0 fully saturated rings. The molecule has 0 heterocycles. The fourth-order valence-electron chi connectivity index (χ4n) is 1.91. The number of nitrogens with one attached hydrogen (secondary N) is 2. The molecule has 132 valence electrons. The summed E-state index contributed by atoms with van der Waals surface area (Å²) in [5.74, 6) is -4.52. The molecule has 25 heavy (non-hydrogen) atoms. The lowest BCUT2D eigenvalue weighted by atomic mass is 10.1. The van der Waals surface area contributed by atoms with E-state index in [-0.39, 0.29) is 16.4 Å². The van der Waals surface area contributed by atoms with E-state index in [1.807, 2.05) is 0 Å². The van der Waals surface area contributed by atoms with Gasteiger partial charge in [0.25, 0.3) is 0 Å². The van der Waals surface area contributed by atoms with Crippen LogP contribution in [-0.4, -0.2) is 25.5 Å². The number of halogens is 4. The number of hydrogen-bond acceptors (Lipinski definition) is 4. The zero-order valence-electron chi connectivity index (χ0n) is 12.8. The van der Waals surface area contributed by atoms with E-state index in [9.17, 15) is 22.8 Å². The summed E-state index contributed by atoms with van der Waals surface area (Å²) in [7, 11) is 1.05. The third kappa shape index (κ3) is 4.63. The Bertz CT molecular complexity index is 831. The van der Waals surface area contributed by atoms with Gasteiger partial charge in [0.15, 0.2) is 0 Å². The molecule has 0 spiro atoms. The molecule has 2 rings (SSSR count). The molecule has 0 aromatic heterocycles. The standard InChI is InChI=1S/C16H12ClF3N2O3/c1-25-16(24)9-5-14(12(20)6-10(9)18)21-7-15(23)22-13-3-2-8(17)4-11(13)19/h2-6,21H,7H2,1H3,(H,22,23). The van der Waals surface area contributed by atoms with Crippen LogP contribution in [0.3, 0.4) is 0 Å². The van der Waals surface area contributed by atoms with E-state index in [4.69, 9.17) is 11.6 Å². The van der Waals surface area contributed by atoms with Gasteiger partial charge >= 0.3 is 5.97 Å². The maximum Gasteiger partial charge on any atom is 0.340 e. The van der Waals surface area contributed by atoms with E-state index < -0.39 is 41.4 Å². The third-order valence-electron chi connectivity index (χ3n) is 3.11. The number of amides is 1. The van der Waals surface area contributed by atoms with E-state index in [0.717, 1.165) is 19.2 Å². The van der Waals surface area contributed by atoms with Crippen LogP contribution < -0.4 is 10.6 Å². The zero-order valence-corrected chi connectivity index (χ0v) is 13.6. The molecule has 1 amide bonds. The Morgan fingerprint density at radius 1 is 1.04 bits per heavy atom. The number of carbonyl (C=O) groups excluding carboxylic acids is 2. The number of carbonyl (C=O) groups is 2. The van der Waals surface area contributed by atoms with Gasteiger partial charge in [0.05, 0.1) is 30.6 Å². The largest absolute Gasteiger partial charge is 0.465 e. The van der Waals surface area contributed by atoms with Gasteiger partial charge in [0, 0.05) is 11.1 Å². The summed E-state index contributed by atoms with van der Waals surface area (Å²) in [4.78, 5) is 23.2. The molecule has 0 aliphatic heterocycles. The number of esters is 1. The molecule has 2 aromatic carbocycles. The quantitative estimate of drug-likeness (QED) is 0.787. The molecule has 0 aliphatic rings. The highest BCUT2D eigenvalue weighted by Crippen LogP contribution is 2.21. The van der Waals surface area contributed by atoms with Crippen molar-refractivity contribution < 1.29 is 27.5 Å². The van der Waals surface area contributed by atoms with Gasteiger partial charge in [0.2, 0.25) is 5.91 Å². The van der Waals surface area contributed by atoms with E-state index in [0.29, 0.717) is 6.07 Å². The van der Waals surface area contributed by atoms with Gasteiger partial charge in [-0.15, -0.1) is 0 Å². The van der Waals surface area contributed by atoms with E-state index >= 15 is 0 Å². The van der Waals surface area contributed by atoms with E-state index in [2.05, 4.69) is 15.4 Å². The van der Waals surface area contributed by atoms with Crippen LogP contribution >= 0.6 is 11.6 Å². The van der Waals surface area contributed by atoms with E-state index in [1.54, 1.807) is 0 Å². The monoisotopic (exact) mass is 372 g/mol. The van der Waals surface area contributed by atoms with Crippen LogP contribution in [0.25, 0.3) is 0 Å². The molecular formula is C16H12ClF3N2O3. The van der Waals surface area contributed by atoms with Crippen molar-refractivity contribution in [1.82, 2.24) is 0 Å². The molecule has 0 aliphatic carbocycles. The van der Waals surface area contributed by atoms with Crippen molar-refractivity contribution in [1.29, 1.82) is 0 Å². The Morgan fingerprint density at radius 3 is 2.36 bits per heavy atom. The first-order valence-electron chi connectivity index (χ1n) is 6.88. The lowest BCUT2D eigenvalue weighted by Gasteiger charge is -2.11. The second-order valence-electron chi connectivity index (χ2n) is 4.83. The maximum absolute atomic E-state index is 13.7. The summed E-state index contributed by atoms with van der Waals surface area (Å²) in [6.07, 6.45) is 0. The van der Waals surface area contributed by atoms with Gasteiger partial charge in [-0.25, -0.2) is 18.0 Å². The Kier molecular flexibility index (Phi) is 5.87. The van der Waals surface area contributed by atoms with Crippen LogP contribution in [0.1, 0.15) is 10.4 Å². The number of methoxy groups -OCH3 is 1. The molecule has 0 unspecified atom stereocenters. The Morgan fingerprint density at radius 2 is 1.72 bits per heavy atom. The molecule has 0 atom stereocenters. The minimum atomic E-state index is -1.09. The molecule has 5 nitrogen and oxygen atoms in total. The molecule has 2 aromatic rings. The van der Waals surface area contributed by atoms with Gasteiger partial charge in [0.1, 0.15) is 17.5 Å². The predicted octanol–water partition coefficient (Wildman–Crippen LogP) is 3.59. The van der Waals surface area contributed by atoms with Gasteiger partial charge in [-0.1, -0.05) is 11.6 Å². The minimum absolute atomic E-state index is 0.106. The van der Waals surface area contributed by atoms with Gasteiger partial charge in [-0.05, 0) is 24.3 Å². The maximum atomic E-state index is 13.7. The van der Waals surface area contributed by atoms with Crippen molar-refractivity contribution >= 4 is 34.9 Å². The van der Waals surface area contributed by atoms with Crippen LogP contribution in [-0.2, 0) is 9.53 Å². The zero-order chi connectivity index (χ0) is 18.6. The van der Waals surface area contributed by atoms with Crippen LogP contribution in [0.2, 0.25) is 5.02 Å². The highest BCUT2D eigenvalue weighted by atomic mass is 35.5. The number of anilines is 2. The summed E-state index contributed by atoms with van der Waals surface area (Å²) in [6.45, 7) is -0.453. The topological polar surface area (TPSA) is 67.4 Å². The van der Waals surface area contributed by atoms with E-state index in [1.165, 1.54) is 12.1 Å². The Labute approximate surface area is 145 Å². The Balaban J connectivity index is 2.07. The molecule has 0 saturated carbocycles. The first-order chi connectivity index (χ1) is 11.8. The highest BCUT2D eigenvalue weighted by Gasteiger charge is 2.17. The third-order valence-corrected chi connectivity index (χ3v) is 3.34. The fourth-order valence-corrected chi connectivity index (χ4v) is 2.07. The van der Waals surface area contributed by atoms with Crippen molar-refractivity contribution in [2.24, 2.45) is 0 Å². The first kappa shape index (κ1) is 18.6. The molecule has 2 N–H and O–H groups in total. The van der Waals surface area contributed by atoms with Crippen molar-refractivity contribution in [2.45, 2.75) is 0 Å². The van der Waals surface area contributed by atoms with Crippen LogP contribution in [0, 0.1) is 17.5 Å². The summed E-state index contributed by atoms with van der Waals surface area (Å²) in [5, 5.41) is 4.83. The second-order valence-corrected chi connectivity index (χ2v) is 5.27. The first-order valence-corrected chi connectivity index (χ1v) is 7.25. The summed E-state index contributed by atoms with van der Waals surface area (Å²) in [5.41, 5.74) is -0.880. The fraction of sp³-hybridized carbons (Fsp3) is 0.125. The van der Waals surface area contributed by atoms with Gasteiger partial charge < -0.3 is 15.4 Å². The van der Waals surface area contributed by atoms with Crippen LogP contribution in [0.15, 0.2) is 30.3 Å². The number of hydrogen-bond donors (Lipinski definition) is 2. The van der Waals surface area contributed by atoms with Crippen molar-refractivity contribution in [3.63, 3.8) is 0 Å². The minimum Gasteiger partial charge on any atom is -0.465 e. The smallest absolute Gasteiger partial charge is 0.340 e. The Hall–Kier alpha value is -2.74. The molecule has 0 radical (unpaired) electrons. The van der Waals surface area contributed by atoms with Crippen LogP contribution in [0.5, 0.6) is 0 Å². The highest BCUT2D eigenvalue weighted by molar-refractivity contribution is 6.30. The molecule has 9 heteroatoms. The molecule has 0 bridgehead atoms. The van der Waals surface area contributed by atoms with Crippen molar-refractivity contribution in [2.75, 3.05) is 24.3 Å². The summed E-state index contributed by atoms with van der Waals surface area (Å²) in [6, 6.07) is 5.05. The summed E-state index contributed by atoms with van der Waals surface area (Å²) < 4.78 is 45.2. The second kappa shape index (κ2) is 7.89. The normalized spacial score (nSPS) is 10.3. The average molecular weight is 373 g/mol. The SMILES string of the molecule is COC(=O)c1cc(NCC(=O)Nc2ccc(Cl)cc2F)c(F)cc1F.